The van der Waals surface area contributed by atoms with Crippen molar-refractivity contribution in [3.63, 3.8) is 0 Å². The van der Waals surface area contributed by atoms with E-state index in [4.69, 9.17) is 9.47 Å². The summed E-state index contributed by atoms with van der Waals surface area (Å²) in [5.74, 6) is -1.27. The fraction of sp³-hybridized carbons (Fsp3) is 0.400. The molecule has 45 heavy (non-hydrogen) atoms. The van der Waals surface area contributed by atoms with E-state index < -0.39 is 25.8 Å². The number of nitrogens with zero attached hydrogens (tertiary/aromatic N) is 2. The van der Waals surface area contributed by atoms with E-state index in [1.54, 1.807) is 21.9 Å². The number of urea groups is 1. The van der Waals surface area contributed by atoms with Gasteiger partial charge >= 0.3 is 12.0 Å². The number of benzene rings is 3. The van der Waals surface area contributed by atoms with Gasteiger partial charge in [0, 0.05) is 37.2 Å². The van der Waals surface area contributed by atoms with E-state index in [2.05, 4.69) is 0 Å². The zero-order chi connectivity index (χ0) is 32.3. The quantitative estimate of drug-likeness (QED) is 0.208. The molecule has 5 rings (SSSR count). The van der Waals surface area contributed by atoms with Crippen LogP contribution in [0.4, 0.5) is 13.6 Å². The Bertz CT molecular complexity index is 1550. The minimum atomic E-state index is -2.28. The largest absolute Gasteiger partial charge is 0.494 e. The maximum absolute atomic E-state index is 15.0. The summed E-state index contributed by atoms with van der Waals surface area (Å²) in [6, 6.07) is 16.2. The molecule has 0 radical (unpaired) electrons. The fourth-order valence-corrected chi connectivity index (χ4v) is 7.80. The second-order valence-electron chi connectivity index (χ2n) is 12.9. The van der Waals surface area contributed by atoms with Crippen LogP contribution in [0, 0.1) is 17.6 Å². The van der Waals surface area contributed by atoms with Crippen LogP contribution in [0.25, 0.3) is 0 Å². The first-order chi connectivity index (χ1) is 21.4. The lowest BCUT2D eigenvalue weighted by atomic mass is 9.87. The van der Waals surface area contributed by atoms with Crippen LogP contribution in [0.15, 0.2) is 60.7 Å². The van der Waals surface area contributed by atoms with Crippen molar-refractivity contribution in [3.8, 4) is 5.75 Å². The first kappa shape index (κ1) is 32.3. The van der Waals surface area contributed by atoms with Crippen molar-refractivity contribution in [2.24, 2.45) is 5.92 Å². The van der Waals surface area contributed by atoms with E-state index in [1.807, 2.05) is 63.0 Å². The Morgan fingerprint density at radius 2 is 1.62 bits per heavy atom. The molecule has 2 heterocycles. The van der Waals surface area contributed by atoms with Crippen LogP contribution in [-0.2, 0) is 33.8 Å². The topological polar surface area (TPSA) is 76.2 Å². The summed E-state index contributed by atoms with van der Waals surface area (Å²) >= 11 is 0. The van der Waals surface area contributed by atoms with Gasteiger partial charge < -0.3 is 19.3 Å². The van der Waals surface area contributed by atoms with E-state index in [0.717, 1.165) is 11.1 Å². The molecule has 2 aliphatic heterocycles. The number of ketones is 1. The molecule has 3 aromatic rings. The second kappa shape index (κ2) is 13.5. The molecular weight excluding hydrogens is 594 g/mol. The zero-order valence-corrected chi connectivity index (χ0v) is 27.3. The molecule has 0 aromatic heterocycles. The molecule has 1 saturated heterocycles. The van der Waals surface area contributed by atoms with Crippen LogP contribution in [0.3, 0.4) is 0 Å². The number of fused-ring (bicyclic) bond motifs is 1. The highest BCUT2D eigenvalue weighted by atomic mass is 28.3. The summed E-state index contributed by atoms with van der Waals surface area (Å²) < 4.78 is 41.2. The average Bonchev–Trinajstić information content (AvgIpc) is 2.96. The number of carbonyl (C=O) groups excluding carboxylic acids is 3. The Hall–Kier alpha value is -4.05. The molecule has 7 nitrogen and oxygen atoms in total. The number of ether oxygens (including phenoxy) is 2. The van der Waals surface area contributed by atoms with E-state index >= 15 is 8.78 Å². The molecule has 0 aliphatic carbocycles. The summed E-state index contributed by atoms with van der Waals surface area (Å²) in [5, 5.41) is 0.109. The van der Waals surface area contributed by atoms with Gasteiger partial charge in [-0.05, 0) is 59.9 Å². The van der Waals surface area contributed by atoms with Crippen LogP contribution in [0.5, 0.6) is 5.75 Å². The van der Waals surface area contributed by atoms with E-state index in [9.17, 15) is 14.4 Å². The van der Waals surface area contributed by atoms with Crippen LogP contribution >= 0.6 is 0 Å². The number of hydrogen-bond acceptors (Lipinski definition) is 5. The molecule has 0 N–H and O–H groups in total. The van der Waals surface area contributed by atoms with Crippen molar-refractivity contribution in [1.82, 2.24) is 9.80 Å². The van der Waals surface area contributed by atoms with Gasteiger partial charge in [-0.1, -0.05) is 56.0 Å². The summed E-state index contributed by atoms with van der Waals surface area (Å²) in [6.07, 6.45) is 0.506. The Kier molecular flexibility index (Phi) is 9.72. The fourth-order valence-electron chi connectivity index (χ4n) is 6.22. The van der Waals surface area contributed by atoms with Crippen LogP contribution in [-0.4, -0.2) is 61.9 Å². The standard InChI is InChI=1S/C35H40F2N2O5Si/c1-5-43-27-11-12-28-26(19-27)13-14-39(33(28)31(40)17-24-15-29(36)34(30(37)16-24)45(2,3)4)35(42)38-20-25(21-38)18-32(41)44-22-23-9-7-6-8-10-23/h6-12,15-16,19,25,33H,5,13-14,17-18,20-22H2,1-4H3/t33-/m1/s1. The number of likely N-dealkylation sites (tertiary alicyclic amines) is 1. The average molecular weight is 635 g/mol. The van der Waals surface area contributed by atoms with Crippen molar-refractivity contribution >= 4 is 31.0 Å². The summed E-state index contributed by atoms with van der Waals surface area (Å²) in [5.41, 5.74) is 2.73. The Morgan fingerprint density at radius 3 is 2.27 bits per heavy atom. The molecule has 1 atom stereocenters. The summed E-state index contributed by atoms with van der Waals surface area (Å²) in [6.45, 7) is 9.24. The third kappa shape index (κ3) is 7.44. The SMILES string of the molecule is CCOc1ccc2c(c1)CCN(C(=O)N1CC(CC(=O)OCc3ccccc3)C1)[C@H]2C(=O)Cc1cc(F)c([Si](C)(C)C)c(F)c1. The van der Waals surface area contributed by atoms with Gasteiger partial charge in [0.15, 0.2) is 5.78 Å². The molecule has 1 fully saturated rings. The minimum Gasteiger partial charge on any atom is -0.494 e. The molecule has 2 aliphatic rings. The molecule has 0 unspecified atom stereocenters. The molecule has 0 spiro atoms. The summed E-state index contributed by atoms with van der Waals surface area (Å²) in [4.78, 5) is 43.3. The Balaban J connectivity index is 1.30. The molecule has 0 saturated carbocycles. The third-order valence-corrected chi connectivity index (χ3v) is 10.3. The highest BCUT2D eigenvalue weighted by Gasteiger charge is 2.41. The van der Waals surface area contributed by atoms with E-state index in [-0.39, 0.29) is 53.9 Å². The molecule has 238 valence electrons. The van der Waals surface area contributed by atoms with Gasteiger partial charge in [-0.25, -0.2) is 13.6 Å². The highest BCUT2D eigenvalue weighted by molar-refractivity contribution is 6.88. The lowest BCUT2D eigenvalue weighted by molar-refractivity contribution is -0.147. The number of carbonyl (C=O) groups is 3. The lowest BCUT2D eigenvalue weighted by Gasteiger charge is -2.45. The van der Waals surface area contributed by atoms with Crippen molar-refractivity contribution < 1.29 is 32.6 Å². The number of hydrogen-bond donors (Lipinski definition) is 0. The van der Waals surface area contributed by atoms with Gasteiger partial charge in [0.05, 0.1) is 21.1 Å². The van der Waals surface area contributed by atoms with E-state index in [1.165, 1.54) is 12.1 Å². The van der Waals surface area contributed by atoms with E-state index in [0.29, 0.717) is 44.0 Å². The molecule has 10 heteroatoms. The lowest BCUT2D eigenvalue weighted by Crippen LogP contribution is -2.57. The molecular formula is C35H40F2N2O5Si. The normalized spacial score (nSPS) is 16.5. The predicted octanol–water partition coefficient (Wildman–Crippen LogP) is 5.81. The van der Waals surface area contributed by atoms with Gasteiger partial charge in [0.25, 0.3) is 0 Å². The minimum absolute atomic E-state index is 0.0342. The number of Topliss-reactive ketones (excluding diaryl/α,β-unsaturated/α-hetero) is 1. The van der Waals surface area contributed by atoms with Crippen LogP contribution in [0.2, 0.25) is 19.6 Å². The van der Waals surface area contributed by atoms with Crippen molar-refractivity contribution in [2.75, 3.05) is 26.2 Å². The Labute approximate surface area is 264 Å². The van der Waals surface area contributed by atoms with Crippen molar-refractivity contribution in [3.05, 3.63) is 94.6 Å². The Morgan fingerprint density at radius 1 is 0.933 bits per heavy atom. The second-order valence-corrected chi connectivity index (χ2v) is 17.9. The number of esters is 1. The predicted molar refractivity (Wildman–Crippen MR) is 170 cm³/mol. The van der Waals surface area contributed by atoms with Crippen molar-refractivity contribution in [2.45, 2.75) is 58.5 Å². The first-order valence-electron chi connectivity index (χ1n) is 15.5. The van der Waals surface area contributed by atoms with Crippen molar-refractivity contribution in [1.29, 1.82) is 0 Å². The zero-order valence-electron chi connectivity index (χ0n) is 26.3. The number of halogens is 2. The smallest absolute Gasteiger partial charge is 0.320 e. The first-order valence-corrected chi connectivity index (χ1v) is 19.0. The monoisotopic (exact) mass is 634 g/mol. The molecule has 2 amide bonds. The van der Waals surface area contributed by atoms with Gasteiger partial charge in [-0.3, -0.25) is 9.59 Å². The third-order valence-electron chi connectivity index (χ3n) is 8.36. The molecule has 0 bridgehead atoms. The van der Waals surface area contributed by atoms with Gasteiger partial charge in [0.2, 0.25) is 0 Å². The summed E-state index contributed by atoms with van der Waals surface area (Å²) in [7, 11) is -2.28. The van der Waals surface area contributed by atoms with Gasteiger partial charge in [-0.15, -0.1) is 0 Å². The number of rotatable bonds is 10. The maximum Gasteiger partial charge on any atom is 0.320 e. The van der Waals surface area contributed by atoms with Crippen LogP contribution in [0.1, 0.15) is 41.6 Å². The molecule has 3 aromatic carbocycles. The van der Waals surface area contributed by atoms with Crippen LogP contribution < -0.4 is 9.92 Å². The maximum atomic E-state index is 15.0. The van der Waals surface area contributed by atoms with Gasteiger partial charge in [-0.2, -0.15) is 0 Å². The highest BCUT2D eigenvalue weighted by Crippen LogP contribution is 2.36. The van der Waals surface area contributed by atoms with Gasteiger partial charge in [0.1, 0.15) is 30.0 Å². The number of amides is 2.